The van der Waals surface area contributed by atoms with E-state index in [-0.39, 0.29) is 23.6 Å². The van der Waals surface area contributed by atoms with Crippen molar-refractivity contribution in [2.45, 2.75) is 56.7 Å². The molecule has 1 amide bonds. The third-order valence-corrected chi connectivity index (χ3v) is 6.94. The molecule has 0 aliphatic carbocycles. The van der Waals surface area contributed by atoms with Crippen LogP contribution in [-0.2, 0) is 21.1 Å². The molecule has 2 aromatic rings. The number of carbonyl (C=O) groups excluding carboxylic acids is 1. The maximum Gasteiger partial charge on any atom is 0.410 e. The fraction of sp³-hybridized carbons (Fsp3) is 0.520. The molecule has 9 heteroatoms. The van der Waals surface area contributed by atoms with Crippen molar-refractivity contribution in [3.05, 3.63) is 48.2 Å². The van der Waals surface area contributed by atoms with Gasteiger partial charge in [0.1, 0.15) is 5.60 Å². The normalized spacial score (nSPS) is 15.5. The number of rotatable bonds is 7. The number of aliphatic hydroxyl groups is 1. The molecule has 0 saturated carbocycles. The number of likely N-dealkylation sites (tertiary alicyclic amines) is 1. The molecule has 1 aromatic carbocycles. The zero-order valence-electron chi connectivity index (χ0n) is 20.4. The molecule has 0 unspecified atom stereocenters. The lowest BCUT2D eigenvalue weighted by molar-refractivity contribution is 0.0125. The topological polar surface area (TPSA) is 100 Å². The van der Waals surface area contributed by atoms with Crippen molar-refractivity contribution in [1.29, 1.82) is 0 Å². The minimum Gasteiger partial charge on any atom is -0.444 e. The van der Waals surface area contributed by atoms with E-state index in [1.165, 1.54) is 6.26 Å². The molecular weight excluding hydrogens is 454 g/mol. The van der Waals surface area contributed by atoms with Crippen LogP contribution in [0, 0.1) is 0 Å². The summed E-state index contributed by atoms with van der Waals surface area (Å²) in [5.74, 6) is 0. The lowest BCUT2D eigenvalue weighted by Crippen LogP contribution is -2.48. The first-order chi connectivity index (χ1) is 16.0. The van der Waals surface area contributed by atoms with Crippen LogP contribution in [-0.4, -0.2) is 78.5 Å². The number of hydrogen-bond acceptors (Lipinski definition) is 7. The van der Waals surface area contributed by atoms with Crippen molar-refractivity contribution in [2.24, 2.45) is 0 Å². The number of carbonyl (C=O) groups is 1. The monoisotopic (exact) mass is 489 g/mol. The van der Waals surface area contributed by atoms with Crippen molar-refractivity contribution in [1.82, 2.24) is 14.8 Å². The highest BCUT2D eigenvalue weighted by atomic mass is 32.2. The third kappa shape index (κ3) is 7.25. The van der Waals surface area contributed by atoms with Crippen LogP contribution in [0.5, 0.6) is 0 Å². The van der Waals surface area contributed by atoms with E-state index in [1.807, 2.05) is 39.1 Å². The highest BCUT2D eigenvalue weighted by Crippen LogP contribution is 2.23. The van der Waals surface area contributed by atoms with Gasteiger partial charge in [0.05, 0.1) is 17.2 Å². The summed E-state index contributed by atoms with van der Waals surface area (Å²) in [5, 5.41) is 9.60. The first-order valence-electron chi connectivity index (χ1n) is 11.5. The van der Waals surface area contributed by atoms with Crippen molar-refractivity contribution in [3.63, 3.8) is 0 Å². The molecule has 1 N–H and O–H groups in total. The highest BCUT2D eigenvalue weighted by Gasteiger charge is 2.29. The minimum absolute atomic E-state index is 0.0600. The Morgan fingerprint density at radius 2 is 1.79 bits per heavy atom. The van der Waals surface area contributed by atoms with Gasteiger partial charge in [0.25, 0.3) is 0 Å². The van der Waals surface area contributed by atoms with Crippen molar-refractivity contribution >= 4 is 15.9 Å². The first-order valence-corrected chi connectivity index (χ1v) is 13.4. The van der Waals surface area contributed by atoms with Crippen LogP contribution in [0.1, 0.15) is 39.2 Å². The minimum atomic E-state index is -3.23. The van der Waals surface area contributed by atoms with Crippen LogP contribution >= 0.6 is 0 Å². The van der Waals surface area contributed by atoms with Gasteiger partial charge in [-0.25, -0.2) is 13.2 Å². The molecular formula is C25H35N3O5S. The summed E-state index contributed by atoms with van der Waals surface area (Å²) in [6.45, 7) is 8.11. The molecule has 1 aliphatic rings. The number of nitrogens with zero attached hydrogens (tertiary/aromatic N) is 3. The van der Waals surface area contributed by atoms with Crippen LogP contribution in [0.25, 0.3) is 11.3 Å². The van der Waals surface area contributed by atoms with Gasteiger partial charge in [-0.1, -0.05) is 18.2 Å². The van der Waals surface area contributed by atoms with Crippen LogP contribution in [0.2, 0.25) is 0 Å². The summed E-state index contributed by atoms with van der Waals surface area (Å²) in [6.07, 6.45) is 4.37. The largest absolute Gasteiger partial charge is 0.444 e. The second-order valence-corrected chi connectivity index (χ2v) is 11.8. The van der Waals surface area contributed by atoms with Gasteiger partial charge in [-0.15, -0.1) is 0 Å². The Labute approximate surface area is 202 Å². The Morgan fingerprint density at radius 3 is 2.29 bits per heavy atom. The molecule has 3 rings (SSSR count). The first kappa shape index (κ1) is 26.1. The number of amides is 1. The Bertz CT molecular complexity index is 1060. The fourth-order valence-electron chi connectivity index (χ4n) is 4.06. The molecule has 34 heavy (non-hydrogen) atoms. The van der Waals surface area contributed by atoms with E-state index < -0.39 is 15.4 Å². The van der Waals surface area contributed by atoms with Crippen LogP contribution in [0.4, 0.5) is 4.79 Å². The molecule has 1 aromatic heterocycles. The Hall–Kier alpha value is -2.49. The van der Waals surface area contributed by atoms with Gasteiger partial charge in [0.15, 0.2) is 9.84 Å². The zero-order valence-corrected chi connectivity index (χ0v) is 21.2. The molecule has 1 saturated heterocycles. The average Bonchev–Trinajstić information content (AvgIpc) is 2.78. The van der Waals surface area contributed by atoms with Crippen molar-refractivity contribution < 1.29 is 23.1 Å². The van der Waals surface area contributed by atoms with Gasteiger partial charge < -0.3 is 14.7 Å². The molecule has 1 aliphatic heterocycles. The van der Waals surface area contributed by atoms with Crippen LogP contribution in [0.15, 0.2) is 47.5 Å². The lowest BCUT2D eigenvalue weighted by atomic mass is 10.0. The van der Waals surface area contributed by atoms with E-state index in [1.54, 1.807) is 29.2 Å². The van der Waals surface area contributed by atoms with E-state index >= 15 is 0 Å². The summed E-state index contributed by atoms with van der Waals surface area (Å²) in [4.78, 5) is 21.2. The Kier molecular flexibility index (Phi) is 8.33. The highest BCUT2D eigenvalue weighted by molar-refractivity contribution is 7.90. The molecule has 2 heterocycles. The van der Waals surface area contributed by atoms with Crippen molar-refractivity contribution in [2.75, 3.05) is 32.5 Å². The summed E-state index contributed by atoms with van der Waals surface area (Å²) < 4.78 is 28.8. The van der Waals surface area contributed by atoms with Gasteiger partial charge in [0.2, 0.25) is 0 Å². The number of pyridine rings is 1. The molecule has 1 fully saturated rings. The van der Waals surface area contributed by atoms with Gasteiger partial charge in [-0.2, -0.15) is 0 Å². The SMILES string of the molecule is CC(C)(C)OC(=O)N1CCC(N(CCO)Cc2ccc(-c3ccc(S(C)(=O)=O)cc3)nc2)CC1. The number of hydrogen-bond donors (Lipinski definition) is 1. The standard InChI is InChI=1S/C25H35N3O5S/c1-25(2,3)33-24(30)27-13-11-21(12-14-27)28(15-16-29)18-19-5-10-23(26-17-19)20-6-8-22(9-7-20)34(4,31)32/h5-10,17,21,29H,11-16,18H2,1-4H3. The van der Waals surface area contributed by atoms with E-state index in [0.29, 0.717) is 26.2 Å². The van der Waals surface area contributed by atoms with Crippen molar-refractivity contribution in [3.8, 4) is 11.3 Å². The molecule has 186 valence electrons. The number of sulfone groups is 1. The summed E-state index contributed by atoms with van der Waals surface area (Å²) >= 11 is 0. The van der Waals surface area contributed by atoms with E-state index in [9.17, 15) is 18.3 Å². The van der Waals surface area contributed by atoms with Gasteiger partial charge in [-0.3, -0.25) is 9.88 Å². The maximum atomic E-state index is 12.3. The van der Waals surface area contributed by atoms with E-state index in [0.717, 1.165) is 29.7 Å². The predicted molar refractivity (Wildman–Crippen MR) is 131 cm³/mol. The predicted octanol–water partition coefficient (Wildman–Crippen LogP) is 3.35. The number of piperidine rings is 1. The number of aromatic nitrogens is 1. The molecule has 0 bridgehead atoms. The van der Waals surface area contributed by atoms with E-state index in [2.05, 4.69) is 9.88 Å². The molecule has 0 atom stereocenters. The van der Waals surface area contributed by atoms with Gasteiger partial charge in [-0.05, 0) is 57.4 Å². The van der Waals surface area contributed by atoms with Crippen LogP contribution < -0.4 is 0 Å². The number of aliphatic hydroxyl groups excluding tert-OH is 1. The van der Waals surface area contributed by atoms with Crippen LogP contribution in [0.3, 0.4) is 0 Å². The number of ether oxygens (including phenoxy) is 1. The number of benzene rings is 1. The van der Waals surface area contributed by atoms with Gasteiger partial charge in [0, 0.05) is 50.2 Å². The second-order valence-electron chi connectivity index (χ2n) is 9.74. The fourth-order valence-corrected chi connectivity index (χ4v) is 4.69. The third-order valence-electron chi connectivity index (χ3n) is 5.81. The Morgan fingerprint density at radius 1 is 1.15 bits per heavy atom. The van der Waals surface area contributed by atoms with Gasteiger partial charge >= 0.3 is 6.09 Å². The molecule has 0 radical (unpaired) electrons. The molecule has 8 nitrogen and oxygen atoms in total. The second kappa shape index (κ2) is 10.8. The quantitative estimate of drug-likeness (QED) is 0.637. The smallest absolute Gasteiger partial charge is 0.410 e. The maximum absolute atomic E-state index is 12.3. The Balaban J connectivity index is 1.61. The average molecular weight is 490 g/mol. The summed E-state index contributed by atoms with van der Waals surface area (Å²) in [6, 6.07) is 10.9. The summed E-state index contributed by atoms with van der Waals surface area (Å²) in [5.41, 5.74) is 2.13. The molecule has 0 spiro atoms. The van der Waals surface area contributed by atoms with E-state index in [4.69, 9.17) is 4.74 Å². The summed E-state index contributed by atoms with van der Waals surface area (Å²) in [7, 11) is -3.23. The lowest BCUT2D eigenvalue weighted by Gasteiger charge is -2.38. The zero-order chi connectivity index (χ0) is 24.9.